The minimum absolute atomic E-state index is 0.00721. The normalized spacial score (nSPS) is 17.0. The average molecular weight is 549 g/mol. The summed E-state index contributed by atoms with van der Waals surface area (Å²) in [5.41, 5.74) is 2.85. The van der Waals surface area contributed by atoms with E-state index in [4.69, 9.17) is 23.2 Å². The highest BCUT2D eigenvalue weighted by atomic mass is 35.5. The third kappa shape index (κ3) is 6.23. The molecule has 188 valence electrons. The Bertz CT molecular complexity index is 1130. The molecular weight excluding hydrogens is 526 g/mol. The molecule has 0 aromatic heterocycles. The van der Waals surface area contributed by atoms with Crippen LogP contribution in [0.5, 0.6) is 0 Å². The number of hydrogen-bond donors (Lipinski definition) is 1. The zero-order chi connectivity index (χ0) is 26.0. The summed E-state index contributed by atoms with van der Waals surface area (Å²) in [6.45, 7) is 9.19. The molecule has 10 heteroatoms. The highest BCUT2D eigenvalue weighted by molar-refractivity contribution is 7.99. The maximum Gasteiger partial charge on any atom is 0.399 e. The summed E-state index contributed by atoms with van der Waals surface area (Å²) in [6, 6.07) is 4.04. The molecule has 1 aliphatic rings. The number of nitrogens with zero attached hydrogens (tertiary/aromatic N) is 1. The van der Waals surface area contributed by atoms with Crippen LogP contribution < -0.4 is 5.43 Å². The van der Waals surface area contributed by atoms with Crippen molar-refractivity contribution >= 4 is 46.7 Å². The standard InChI is InChI=1S/C25H23Cl2F5N2S/c1-4-11-35-14-15(2)33-34-16(3)19-8-5-17(12-21(19)25(34,31)32)6-9-20(24(28,29)30)18-7-10-22(26)23(27)13-18/h4-10,12-13,15,20,33H,1,3,11,14H2,2H3/b9-6+. The van der Waals surface area contributed by atoms with Gasteiger partial charge in [0.25, 0.3) is 0 Å². The third-order valence-corrected chi connectivity index (χ3v) is 7.27. The van der Waals surface area contributed by atoms with Gasteiger partial charge in [-0.25, -0.2) is 10.4 Å². The summed E-state index contributed by atoms with van der Waals surface area (Å²) in [4.78, 5) is 0. The van der Waals surface area contributed by atoms with Gasteiger partial charge in [-0.2, -0.15) is 33.7 Å². The third-order valence-electron chi connectivity index (χ3n) is 5.32. The van der Waals surface area contributed by atoms with Crippen molar-refractivity contribution in [1.29, 1.82) is 0 Å². The molecule has 0 bridgehead atoms. The van der Waals surface area contributed by atoms with Crippen LogP contribution in [0.1, 0.15) is 35.1 Å². The minimum atomic E-state index is -4.62. The number of hydrazine groups is 1. The van der Waals surface area contributed by atoms with Gasteiger partial charge in [0, 0.05) is 23.1 Å². The van der Waals surface area contributed by atoms with Crippen LogP contribution in [-0.4, -0.2) is 28.7 Å². The van der Waals surface area contributed by atoms with Crippen molar-refractivity contribution in [2.24, 2.45) is 0 Å². The van der Waals surface area contributed by atoms with Crippen molar-refractivity contribution in [3.63, 3.8) is 0 Å². The molecule has 2 atom stereocenters. The van der Waals surface area contributed by atoms with Crippen molar-refractivity contribution < 1.29 is 22.0 Å². The summed E-state index contributed by atoms with van der Waals surface area (Å²) < 4.78 is 71.7. The quantitative estimate of drug-likeness (QED) is 0.146. The molecule has 1 aliphatic heterocycles. The van der Waals surface area contributed by atoms with Crippen molar-refractivity contribution in [3.8, 4) is 0 Å². The summed E-state index contributed by atoms with van der Waals surface area (Å²) in [6.07, 6.45) is -0.803. The Hall–Kier alpha value is -2.00. The van der Waals surface area contributed by atoms with Crippen molar-refractivity contribution in [2.45, 2.75) is 31.1 Å². The van der Waals surface area contributed by atoms with Gasteiger partial charge in [0.05, 0.1) is 27.2 Å². The molecular formula is C25H23Cl2F5N2S. The average Bonchev–Trinajstić information content (AvgIpc) is 2.96. The predicted molar refractivity (Wildman–Crippen MR) is 136 cm³/mol. The number of hydrogen-bond acceptors (Lipinski definition) is 3. The maximum atomic E-state index is 15.3. The predicted octanol–water partition coefficient (Wildman–Crippen LogP) is 8.50. The van der Waals surface area contributed by atoms with E-state index in [1.165, 1.54) is 36.4 Å². The van der Waals surface area contributed by atoms with Gasteiger partial charge in [0.1, 0.15) is 0 Å². The van der Waals surface area contributed by atoms with Gasteiger partial charge < -0.3 is 0 Å². The number of halogens is 7. The van der Waals surface area contributed by atoms with Gasteiger partial charge in [-0.1, -0.05) is 66.2 Å². The lowest BCUT2D eigenvalue weighted by Crippen LogP contribution is -2.48. The molecule has 0 radical (unpaired) electrons. The van der Waals surface area contributed by atoms with Crippen LogP contribution in [0.15, 0.2) is 61.7 Å². The first kappa shape index (κ1) is 27.6. The van der Waals surface area contributed by atoms with Crippen molar-refractivity contribution in [1.82, 2.24) is 10.4 Å². The molecule has 1 heterocycles. The van der Waals surface area contributed by atoms with Gasteiger partial charge >= 0.3 is 12.2 Å². The second-order valence-corrected chi connectivity index (χ2v) is 9.93. The topological polar surface area (TPSA) is 15.3 Å². The molecule has 2 aromatic carbocycles. The number of fused-ring (bicyclic) bond motifs is 1. The fourth-order valence-electron chi connectivity index (χ4n) is 3.64. The van der Waals surface area contributed by atoms with E-state index < -0.39 is 18.1 Å². The van der Waals surface area contributed by atoms with E-state index in [2.05, 4.69) is 18.6 Å². The highest BCUT2D eigenvalue weighted by Gasteiger charge is 2.49. The van der Waals surface area contributed by atoms with Crippen LogP contribution in [-0.2, 0) is 6.05 Å². The first-order chi connectivity index (χ1) is 16.4. The molecule has 0 saturated heterocycles. The lowest BCUT2D eigenvalue weighted by Gasteiger charge is -2.30. The largest absolute Gasteiger partial charge is 0.399 e. The van der Waals surface area contributed by atoms with Crippen LogP contribution in [0, 0.1) is 0 Å². The zero-order valence-electron chi connectivity index (χ0n) is 18.7. The molecule has 0 amide bonds. The summed E-state index contributed by atoms with van der Waals surface area (Å²) in [5, 5.41) is 0.846. The number of rotatable bonds is 9. The maximum absolute atomic E-state index is 15.3. The monoisotopic (exact) mass is 548 g/mol. The van der Waals surface area contributed by atoms with Gasteiger partial charge in [0.15, 0.2) is 0 Å². The number of alkyl halides is 5. The lowest BCUT2D eigenvalue weighted by molar-refractivity contribution is -0.141. The molecule has 0 aliphatic carbocycles. The van der Waals surface area contributed by atoms with Gasteiger partial charge in [-0.05, 0) is 36.2 Å². The Kier molecular flexibility index (Phi) is 8.63. The summed E-state index contributed by atoms with van der Waals surface area (Å²) in [7, 11) is 0. The first-order valence-electron chi connectivity index (χ1n) is 10.5. The van der Waals surface area contributed by atoms with E-state index in [-0.39, 0.29) is 44.0 Å². The first-order valence-corrected chi connectivity index (χ1v) is 12.4. The molecule has 2 unspecified atom stereocenters. The smallest absolute Gasteiger partial charge is 0.242 e. The minimum Gasteiger partial charge on any atom is -0.242 e. The zero-order valence-corrected chi connectivity index (χ0v) is 21.0. The molecule has 0 saturated carbocycles. The number of thioether (sulfide) groups is 1. The molecule has 1 N–H and O–H groups in total. The van der Waals surface area contributed by atoms with E-state index in [9.17, 15) is 13.2 Å². The lowest BCUT2D eigenvalue weighted by atomic mass is 9.96. The van der Waals surface area contributed by atoms with Gasteiger partial charge in [0.2, 0.25) is 0 Å². The van der Waals surface area contributed by atoms with Gasteiger partial charge in [-0.3, -0.25) is 0 Å². The van der Waals surface area contributed by atoms with E-state index in [1.54, 1.807) is 24.8 Å². The fraction of sp³-hybridized carbons (Fsp3) is 0.280. The molecule has 35 heavy (non-hydrogen) atoms. The Morgan fingerprint density at radius 3 is 2.49 bits per heavy atom. The van der Waals surface area contributed by atoms with Crippen molar-refractivity contribution in [2.75, 3.05) is 11.5 Å². The number of benzene rings is 2. The Balaban J connectivity index is 1.86. The summed E-state index contributed by atoms with van der Waals surface area (Å²) >= 11 is 13.2. The van der Waals surface area contributed by atoms with E-state index in [1.807, 2.05) is 0 Å². The summed E-state index contributed by atoms with van der Waals surface area (Å²) in [5.74, 6) is -0.724. The van der Waals surface area contributed by atoms with Crippen molar-refractivity contribution in [3.05, 3.63) is 94.0 Å². The Morgan fingerprint density at radius 1 is 1.14 bits per heavy atom. The fourth-order valence-corrected chi connectivity index (χ4v) is 4.68. The molecule has 0 spiro atoms. The van der Waals surface area contributed by atoms with E-state index in [0.29, 0.717) is 11.5 Å². The molecule has 2 aromatic rings. The van der Waals surface area contributed by atoms with Gasteiger partial charge in [-0.15, -0.1) is 6.58 Å². The van der Waals surface area contributed by atoms with Crippen LogP contribution >= 0.6 is 35.0 Å². The highest BCUT2D eigenvalue weighted by Crippen LogP contribution is 2.47. The van der Waals surface area contributed by atoms with E-state index >= 15 is 8.78 Å². The molecule has 3 rings (SSSR count). The second kappa shape index (κ2) is 10.9. The number of allylic oxidation sites excluding steroid dienone is 1. The molecule has 2 nitrogen and oxygen atoms in total. The van der Waals surface area contributed by atoms with Crippen LogP contribution in [0.4, 0.5) is 22.0 Å². The van der Waals surface area contributed by atoms with Crippen LogP contribution in [0.2, 0.25) is 10.0 Å². The molecule has 0 fully saturated rings. The Morgan fingerprint density at radius 2 is 1.86 bits per heavy atom. The SMILES string of the molecule is C=CCSCC(C)NN1C(=C)c2ccc(/C=C/C(c3ccc(Cl)c(Cl)c3)C(F)(F)F)cc2C1(F)F. The second-order valence-electron chi connectivity index (χ2n) is 8.04. The van der Waals surface area contributed by atoms with E-state index in [0.717, 1.165) is 17.2 Å². The van der Waals surface area contributed by atoms with Crippen LogP contribution in [0.3, 0.4) is 0 Å². The Labute approximate surface area is 215 Å². The van der Waals surface area contributed by atoms with Crippen LogP contribution in [0.25, 0.3) is 11.8 Å². The number of nitrogens with one attached hydrogen (secondary N) is 1.